The van der Waals surface area contributed by atoms with E-state index in [0.717, 1.165) is 66.6 Å². The summed E-state index contributed by atoms with van der Waals surface area (Å²) in [5.41, 5.74) is 10.1. The molecule has 3 aromatic carbocycles. The summed E-state index contributed by atoms with van der Waals surface area (Å²) in [6, 6.07) is 39.7. The van der Waals surface area contributed by atoms with E-state index in [0.29, 0.717) is 0 Å². The normalized spacial score (nSPS) is 11.7. The van der Waals surface area contributed by atoms with E-state index in [9.17, 15) is 0 Å². The third-order valence-electron chi connectivity index (χ3n) is 7.21. The lowest BCUT2D eigenvalue weighted by molar-refractivity contribution is 1.08. The second kappa shape index (κ2) is 8.11. The molecule has 8 rings (SSSR count). The Hall–Kier alpha value is -5.29. The van der Waals surface area contributed by atoms with Gasteiger partial charge in [-0.1, -0.05) is 66.7 Å². The fourth-order valence-electron chi connectivity index (χ4n) is 5.60. The highest BCUT2D eigenvalue weighted by Gasteiger charge is 2.21. The van der Waals surface area contributed by atoms with Crippen LogP contribution in [0.4, 0.5) is 0 Å². The molecular formula is C33H21N5. The Labute approximate surface area is 218 Å². The van der Waals surface area contributed by atoms with E-state index in [4.69, 9.17) is 15.0 Å². The second-order valence-corrected chi connectivity index (χ2v) is 9.36. The van der Waals surface area contributed by atoms with Crippen LogP contribution in [-0.4, -0.2) is 24.1 Å². The van der Waals surface area contributed by atoms with Gasteiger partial charge in [0.2, 0.25) is 0 Å². The lowest BCUT2D eigenvalue weighted by Crippen LogP contribution is -2.00. The quantitative estimate of drug-likeness (QED) is 0.256. The molecule has 5 aromatic heterocycles. The molecule has 0 aliphatic rings. The van der Waals surface area contributed by atoms with Crippen molar-refractivity contribution in [2.45, 2.75) is 0 Å². The zero-order valence-electron chi connectivity index (χ0n) is 20.4. The van der Waals surface area contributed by atoms with Gasteiger partial charge in [-0.2, -0.15) is 0 Å². The Balaban J connectivity index is 1.55. The molecule has 0 unspecified atom stereocenters. The van der Waals surface area contributed by atoms with Crippen LogP contribution in [0.1, 0.15) is 0 Å². The molecule has 38 heavy (non-hydrogen) atoms. The molecule has 0 saturated carbocycles. The van der Waals surface area contributed by atoms with Crippen LogP contribution in [-0.2, 0) is 0 Å². The maximum Gasteiger partial charge on any atom is 0.145 e. The first-order valence-electron chi connectivity index (χ1n) is 12.6. The van der Waals surface area contributed by atoms with Gasteiger partial charge in [0, 0.05) is 29.0 Å². The van der Waals surface area contributed by atoms with Crippen LogP contribution in [0.15, 0.2) is 128 Å². The summed E-state index contributed by atoms with van der Waals surface area (Å²) in [6.45, 7) is 0. The topological polar surface area (TPSA) is 48.5 Å². The predicted molar refractivity (Wildman–Crippen MR) is 154 cm³/mol. The first-order chi connectivity index (χ1) is 18.9. The first kappa shape index (κ1) is 20.9. The summed E-state index contributed by atoms with van der Waals surface area (Å²) in [5, 5.41) is 1.09. The molecule has 0 amide bonds. The average Bonchev–Trinajstić information content (AvgIpc) is 3.49. The average molecular weight is 488 g/mol. The molecule has 0 fully saturated rings. The Morgan fingerprint density at radius 2 is 1.16 bits per heavy atom. The van der Waals surface area contributed by atoms with E-state index in [2.05, 4.69) is 100 Å². The zero-order valence-corrected chi connectivity index (χ0v) is 20.4. The summed E-state index contributed by atoms with van der Waals surface area (Å²) in [7, 11) is 0. The van der Waals surface area contributed by atoms with Crippen LogP contribution in [0.2, 0.25) is 0 Å². The number of aromatic nitrogens is 5. The van der Waals surface area contributed by atoms with Gasteiger partial charge in [0.1, 0.15) is 16.9 Å². The summed E-state index contributed by atoms with van der Waals surface area (Å²) in [5.74, 6) is 0.881. The lowest BCUT2D eigenvalue weighted by atomic mass is 10.1. The minimum Gasteiger partial charge on any atom is -0.306 e. The molecule has 5 heteroatoms. The highest BCUT2D eigenvalue weighted by Crippen LogP contribution is 2.38. The lowest BCUT2D eigenvalue weighted by Gasteiger charge is -2.13. The third-order valence-corrected chi connectivity index (χ3v) is 7.21. The zero-order chi connectivity index (χ0) is 25.1. The molecule has 0 spiro atoms. The smallest absolute Gasteiger partial charge is 0.145 e. The van der Waals surface area contributed by atoms with Crippen molar-refractivity contribution in [2.75, 3.05) is 0 Å². The van der Waals surface area contributed by atoms with Gasteiger partial charge in [0.25, 0.3) is 0 Å². The van der Waals surface area contributed by atoms with Crippen LogP contribution in [0.25, 0.3) is 66.6 Å². The van der Waals surface area contributed by atoms with Crippen LogP contribution in [0.3, 0.4) is 0 Å². The minimum absolute atomic E-state index is 0.881. The molecule has 0 saturated heterocycles. The van der Waals surface area contributed by atoms with Crippen molar-refractivity contribution >= 4 is 44.0 Å². The maximum absolute atomic E-state index is 5.30. The van der Waals surface area contributed by atoms with E-state index in [1.807, 2.05) is 36.7 Å². The third kappa shape index (κ3) is 2.96. The number of hydrogen-bond acceptors (Lipinski definition) is 3. The Bertz CT molecular complexity index is 2120. The van der Waals surface area contributed by atoms with Gasteiger partial charge in [-0.05, 0) is 54.1 Å². The van der Waals surface area contributed by atoms with Crippen molar-refractivity contribution in [3.8, 4) is 22.6 Å². The molecule has 178 valence electrons. The van der Waals surface area contributed by atoms with Gasteiger partial charge in [-0.3, -0.25) is 9.55 Å². The number of para-hydroxylation sites is 2. The molecule has 0 atom stereocenters. The molecule has 0 aliphatic carbocycles. The van der Waals surface area contributed by atoms with E-state index in [-0.39, 0.29) is 0 Å². The molecule has 5 heterocycles. The highest BCUT2D eigenvalue weighted by molar-refractivity contribution is 6.14. The molecule has 0 bridgehead atoms. The predicted octanol–water partition coefficient (Wildman–Crippen LogP) is 7.73. The second-order valence-electron chi connectivity index (χ2n) is 9.36. The van der Waals surface area contributed by atoms with E-state index in [1.54, 1.807) is 0 Å². The van der Waals surface area contributed by atoms with Crippen LogP contribution < -0.4 is 0 Å². The SMILES string of the molecule is c1ccc(-c2cccnc2-n2c3ccccc3c3nc4c5ncccc5n(-c5ccccc5)c4cc32)cc1. The van der Waals surface area contributed by atoms with E-state index in [1.165, 1.54) is 0 Å². The van der Waals surface area contributed by atoms with Gasteiger partial charge in [-0.25, -0.2) is 9.97 Å². The van der Waals surface area contributed by atoms with E-state index >= 15 is 0 Å². The van der Waals surface area contributed by atoms with Crippen molar-refractivity contribution in [1.29, 1.82) is 0 Å². The van der Waals surface area contributed by atoms with Crippen LogP contribution in [0, 0.1) is 0 Å². The van der Waals surface area contributed by atoms with Gasteiger partial charge >= 0.3 is 0 Å². The molecule has 5 nitrogen and oxygen atoms in total. The van der Waals surface area contributed by atoms with Crippen molar-refractivity contribution in [1.82, 2.24) is 24.1 Å². The summed E-state index contributed by atoms with van der Waals surface area (Å²) in [4.78, 5) is 15.0. The standard InChI is InChI=1S/C33H21N5/c1-3-11-22(12-4-1)24-16-9-20-35-33(24)38-26-17-8-7-15-25(26)30-28(38)21-29-32(36-30)31-27(18-10-19-34-31)37(29)23-13-5-2-6-14-23/h1-21H. The monoisotopic (exact) mass is 487 g/mol. The number of pyridine rings is 3. The van der Waals surface area contributed by atoms with Crippen LogP contribution in [0.5, 0.6) is 0 Å². The van der Waals surface area contributed by atoms with Crippen molar-refractivity contribution < 1.29 is 0 Å². The van der Waals surface area contributed by atoms with Crippen molar-refractivity contribution in [2.24, 2.45) is 0 Å². The summed E-state index contributed by atoms with van der Waals surface area (Å²) in [6.07, 6.45) is 3.70. The molecule has 0 aliphatic heterocycles. The number of fused-ring (bicyclic) bond motifs is 6. The summed E-state index contributed by atoms with van der Waals surface area (Å²) >= 11 is 0. The number of nitrogens with zero attached hydrogens (tertiary/aromatic N) is 5. The van der Waals surface area contributed by atoms with Gasteiger partial charge in [0.05, 0.1) is 27.6 Å². The maximum atomic E-state index is 5.30. The Morgan fingerprint density at radius 1 is 0.474 bits per heavy atom. The fraction of sp³-hybridized carbons (Fsp3) is 0. The molecular weight excluding hydrogens is 466 g/mol. The number of benzene rings is 3. The fourth-order valence-corrected chi connectivity index (χ4v) is 5.60. The molecule has 0 N–H and O–H groups in total. The van der Waals surface area contributed by atoms with Gasteiger partial charge in [0.15, 0.2) is 0 Å². The largest absolute Gasteiger partial charge is 0.306 e. The van der Waals surface area contributed by atoms with E-state index < -0.39 is 0 Å². The number of hydrogen-bond donors (Lipinski definition) is 0. The Kier molecular flexibility index (Phi) is 4.45. The highest BCUT2D eigenvalue weighted by atomic mass is 15.1. The van der Waals surface area contributed by atoms with Crippen LogP contribution >= 0.6 is 0 Å². The molecule has 8 aromatic rings. The molecule has 0 radical (unpaired) electrons. The summed E-state index contributed by atoms with van der Waals surface area (Å²) < 4.78 is 4.50. The van der Waals surface area contributed by atoms with Crippen molar-refractivity contribution in [3.63, 3.8) is 0 Å². The first-order valence-corrected chi connectivity index (χ1v) is 12.6. The minimum atomic E-state index is 0.881. The Morgan fingerprint density at radius 3 is 2.03 bits per heavy atom. The van der Waals surface area contributed by atoms with Crippen molar-refractivity contribution in [3.05, 3.63) is 128 Å². The number of rotatable bonds is 3. The van der Waals surface area contributed by atoms with Gasteiger partial charge in [-0.15, -0.1) is 0 Å². The van der Waals surface area contributed by atoms with Gasteiger partial charge < -0.3 is 4.57 Å².